The standard InChI is InChI=1S/C46H32N2/c1-3-11-33(12-4-1)34-19-21-35(22-20-34)36-23-26-39(27-24-36)47(38-14-5-2-6-15-38)40-28-30-41(31-29-40)48-45-18-10-9-17-43(45)44-32-25-37-13-7-8-16-42(37)46(44)48/h1-32H. The molecule has 0 N–H and O–H groups in total. The first-order valence-corrected chi connectivity index (χ1v) is 16.4. The number of fused-ring (bicyclic) bond motifs is 5. The minimum Gasteiger partial charge on any atom is -0.311 e. The Balaban J connectivity index is 1.10. The fourth-order valence-corrected chi connectivity index (χ4v) is 7.06. The lowest BCUT2D eigenvalue weighted by Gasteiger charge is -2.26. The van der Waals surface area contributed by atoms with Crippen LogP contribution in [-0.4, -0.2) is 4.57 Å². The van der Waals surface area contributed by atoms with Gasteiger partial charge in [0.05, 0.1) is 11.0 Å². The van der Waals surface area contributed by atoms with Crippen LogP contribution in [0.4, 0.5) is 17.1 Å². The molecule has 0 aliphatic heterocycles. The number of benzene rings is 8. The zero-order valence-electron chi connectivity index (χ0n) is 26.4. The van der Waals surface area contributed by atoms with Gasteiger partial charge in [0.1, 0.15) is 0 Å². The van der Waals surface area contributed by atoms with E-state index in [0.717, 1.165) is 22.7 Å². The van der Waals surface area contributed by atoms with E-state index in [1.54, 1.807) is 0 Å². The van der Waals surface area contributed by atoms with Gasteiger partial charge in [-0.3, -0.25) is 0 Å². The first-order valence-electron chi connectivity index (χ1n) is 16.4. The summed E-state index contributed by atoms with van der Waals surface area (Å²) in [7, 11) is 0. The van der Waals surface area contributed by atoms with Crippen LogP contribution in [0.2, 0.25) is 0 Å². The molecule has 0 saturated carbocycles. The second-order valence-electron chi connectivity index (χ2n) is 12.2. The number of anilines is 3. The van der Waals surface area contributed by atoms with Crippen LogP contribution in [-0.2, 0) is 0 Å². The summed E-state index contributed by atoms with van der Waals surface area (Å²) in [4.78, 5) is 2.33. The predicted molar refractivity (Wildman–Crippen MR) is 204 cm³/mol. The molecular weight excluding hydrogens is 581 g/mol. The Hall–Kier alpha value is -6.38. The lowest BCUT2D eigenvalue weighted by molar-refractivity contribution is 1.18. The maximum atomic E-state index is 2.42. The van der Waals surface area contributed by atoms with Gasteiger partial charge < -0.3 is 9.47 Å². The Morgan fingerprint density at radius 2 is 0.792 bits per heavy atom. The van der Waals surface area contributed by atoms with Gasteiger partial charge >= 0.3 is 0 Å². The molecule has 0 unspecified atom stereocenters. The molecular formula is C46H32N2. The third-order valence-corrected chi connectivity index (χ3v) is 9.39. The average Bonchev–Trinajstić information content (AvgIpc) is 3.51. The van der Waals surface area contributed by atoms with Crippen molar-refractivity contribution < 1.29 is 0 Å². The number of nitrogens with zero attached hydrogens (tertiary/aromatic N) is 2. The van der Waals surface area contributed by atoms with Crippen LogP contribution in [0, 0.1) is 0 Å². The summed E-state index contributed by atoms with van der Waals surface area (Å²) >= 11 is 0. The lowest BCUT2D eigenvalue weighted by atomic mass is 10.00. The van der Waals surface area contributed by atoms with Gasteiger partial charge in [-0.25, -0.2) is 0 Å². The fraction of sp³-hybridized carbons (Fsp3) is 0. The summed E-state index contributed by atoms with van der Waals surface area (Å²) in [5.41, 5.74) is 11.8. The molecule has 0 radical (unpaired) electrons. The number of aromatic nitrogens is 1. The van der Waals surface area contributed by atoms with Crippen molar-refractivity contribution in [1.29, 1.82) is 0 Å². The Kier molecular flexibility index (Phi) is 6.84. The molecule has 2 nitrogen and oxygen atoms in total. The summed E-state index contributed by atoms with van der Waals surface area (Å²) in [6.07, 6.45) is 0. The fourth-order valence-electron chi connectivity index (χ4n) is 7.06. The minimum atomic E-state index is 1.11. The Morgan fingerprint density at radius 1 is 0.312 bits per heavy atom. The summed E-state index contributed by atoms with van der Waals surface area (Å²) < 4.78 is 2.42. The third kappa shape index (κ3) is 4.83. The number of hydrogen-bond acceptors (Lipinski definition) is 1. The van der Waals surface area contributed by atoms with Gasteiger partial charge in [0.25, 0.3) is 0 Å². The molecule has 1 aromatic heterocycles. The SMILES string of the molecule is c1ccc(-c2ccc(-c3ccc(N(c4ccccc4)c4ccc(-n5c6ccccc6c6ccc7ccccc7c65)cc4)cc3)cc2)cc1. The molecule has 0 aliphatic rings. The van der Waals surface area contributed by atoms with Gasteiger partial charge in [-0.2, -0.15) is 0 Å². The Morgan fingerprint density at radius 3 is 1.46 bits per heavy atom. The molecule has 9 aromatic rings. The van der Waals surface area contributed by atoms with Crippen molar-refractivity contribution in [2.45, 2.75) is 0 Å². The molecule has 0 atom stereocenters. The largest absolute Gasteiger partial charge is 0.311 e. The molecule has 0 aliphatic carbocycles. The van der Waals surface area contributed by atoms with Crippen LogP contribution < -0.4 is 4.90 Å². The second-order valence-corrected chi connectivity index (χ2v) is 12.2. The van der Waals surface area contributed by atoms with Gasteiger partial charge in [-0.05, 0) is 82.2 Å². The molecule has 2 heteroatoms. The highest BCUT2D eigenvalue weighted by molar-refractivity contribution is 6.18. The van der Waals surface area contributed by atoms with E-state index >= 15 is 0 Å². The van der Waals surface area contributed by atoms with E-state index in [1.807, 2.05) is 0 Å². The van der Waals surface area contributed by atoms with E-state index in [-0.39, 0.29) is 0 Å². The number of para-hydroxylation sites is 2. The van der Waals surface area contributed by atoms with Crippen LogP contribution in [0.25, 0.3) is 60.5 Å². The highest BCUT2D eigenvalue weighted by Gasteiger charge is 2.17. The molecule has 9 rings (SSSR count). The highest BCUT2D eigenvalue weighted by Crippen LogP contribution is 2.39. The highest BCUT2D eigenvalue weighted by atomic mass is 15.1. The lowest BCUT2D eigenvalue weighted by Crippen LogP contribution is -2.10. The smallest absolute Gasteiger partial charge is 0.0619 e. The third-order valence-electron chi connectivity index (χ3n) is 9.39. The zero-order chi connectivity index (χ0) is 31.9. The van der Waals surface area contributed by atoms with Crippen LogP contribution in [0.1, 0.15) is 0 Å². The summed E-state index contributed by atoms with van der Waals surface area (Å²) in [5.74, 6) is 0. The quantitative estimate of drug-likeness (QED) is 0.181. The first-order chi connectivity index (χ1) is 23.8. The summed E-state index contributed by atoms with van der Waals surface area (Å²) in [5, 5.41) is 5.05. The Labute approximate surface area is 280 Å². The Bertz CT molecular complexity index is 2510. The van der Waals surface area contributed by atoms with Crippen LogP contribution in [0.3, 0.4) is 0 Å². The van der Waals surface area contributed by atoms with E-state index in [4.69, 9.17) is 0 Å². The monoisotopic (exact) mass is 612 g/mol. The zero-order valence-corrected chi connectivity index (χ0v) is 26.4. The molecule has 0 spiro atoms. The van der Waals surface area contributed by atoms with E-state index in [2.05, 4.69) is 204 Å². The molecule has 0 fully saturated rings. The average molecular weight is 613 g/mol. The van der Waals surface area contributed by atoms with Crippen LogP contribution >= 0.6 is 0 Å². The minimum absolute atomic E-state index is 1.11. The van der Waals surface area contributed by atoms with Gasteiger partial charge in [0.15, 0.2) is 0 Å². The molecule has 8 aromatic carbocycles. The number of hydrogen-bond donors (Lipinski definition) is 0. The van der Waals surface area contributed by atoms with Crippen molar-refractivity contribution in [1.82, 2.24) is 4.57 Å². The maximum absolute atomic E-state index is 2.42. The van der Waals surface area contributed by atoms with Crippen LogP contribution in [0.15, 0.2) is 194 Å². The van der Waals surface area contributed by atoms with Crippen molar-refractivity contribution in [3.05, 3.63) is 194 Å². The molecule has 226 valence electrons. The predicted octanol–water partition coefficient (Wildman–Crippen LogP) is 12.7. The molecule has 1 heterocycles. The summed E-state index contributed by atoms with van der Waals surface area (Å²) in [6.45, 7) is 0. The molecule has 0 amide bonds. The van der Waals surface area contributed by atoms with Gasteiger partial charge in [0, 0.05) is 38.9 Å². The molecule has 0 bridgehead atoms. The van der Waals surface area contributed by atoms with E-state index < -0.39 is 0 Å². The molecule has 48 heavy (non-hydrogen) atoms. The van der Waals surface area contributed by atoms with Crippen LogP contribution in [0.5, 0.6) is 0 Å². The number of rotatable bonds is 6. The van der Waals surface area contributed by atoms with Gasteiger partial charge in [-0.1, -0.05) is 140 Å². The van der Waals surface area contributed by atoms with E-state index in [0.29, 0.717) is 0 Å². The van der Waals surface area contributed by atoms with Crippen molar-refractivity contribution in [2.75, 3.05) is 4.90 Å². The normalized spacial score (nSPS) is 11.3. The summed E-state index contributed by atoms with van der Waals surface area (Å²) in [6, 6.07) is 69.7. The van der Waals surface area contributed by atoms with E-state index in [1.165, 1.54) is 54.8 Å². The van der Waals surface area contributed by atoms with Crippen molar-refractivity contribution in [3.63, 3.8) is 0 Å². The first kappa shape index (κ1) is 27.9. The van der Waals surface area contributed by atoms with Crippen molar-refractivity contribution in [3.8, 4) is 27.9 Å². The van der Waals surface area contributed by atoms with Gasteiger partial charge in [0.2, 0.25) is 0 Å². The van der Waals surface area contributed by atoms with Gasteiger partial charge in [-0.15, -0.1) is 0 Å². The molecule has 0 saturated heterocycles. The van der Waals surface area contributed by atoms with Crippen molar-refractivity contribution >= 4 is 49.6 Å². The maximum Gasteiger partial charge on any atom is 0.0619 e. The van der Waals surface area contributed by atoms with E-state index in [9.17, 15) is 0 Å². The second kappa shape index (κ2) is 11.8. The van der Waals surface area contributed by atoms with Crippen molar-refractivity contribution in [2.24, 2.45) is 0 Å². The topological polar surface area (TPSA) is 8.17 Å².